The molecule has 0 N–H and O–H groups in total. The predicted octanol–water partition coefficient (Wildman–Crippen LogP) is 1.86. The van der Waals surface area contributed by atoms with Crippen LogP contribution in [0.3, 0.4) is 0 Å². The van der Waals surface area contributed by atoms with Crippen LogP contribution in [0, 0.1) is 6.08 Å². The summed E-state index contributed by atoms with van der Waals surface area (Å²) in [6.45, 7) is 0. The normalized spacial score (nSPS) is 17.1. The number of hydrogen-bond acceptors (Lipinski definition) is 0. The highest BCUT2D eigenvalue weighted by atomic mass is 13.8. The van der Waals surface area contributed by atoms with Gasteiger partial charge in [0.25, 0.3) is 0 Å². The van der Waals surface area contributed by atoms with Crippen molar-refractivity contribution in [2.75, 3.05) is 0 Å². The molecule has 0 aromatic heterocycles. The van der Waals surface area contributed by atoms with Crippen LogP contribution in [0.25, 0.3) is 0 Å². The third-order valence-electron chi connectivity index (χ3n) is 0.808. The maximum atomic E-state index is 3.05. The Bertz CT molecular complexity index is 102. The van der Waals surface area contributed by atoms with Gasteiger partial charge in [-0.1, -0.05) is 30.4 Å². The van der Waals surface area contributed by atoms with Gasteiger partial charge in [-0.3, -0.25) is 0 Å². The molecule has 0 aromatic carbocycles. The molecule has 0 saturated carbocycles. The minimum Gasteiger partial charge on any atom is -0.0801 e. The van der Waals surface area contributed by atoms with Gasteiger partial charge in [0.15, 0.2) is 0 Å². The lowest BCUT2D eigenvalue weighted by Crippen LogP contribution is -1.50. The third kappa shape index (κ3) is 1.40. The molecule has 0 saturated heterocycles. The van der Waals surface area contributed by atoms with Crippen LogP contribution in [0.15, 0.2) is 30.4 Å². The zero-order chi connectivity index (χ0) is 4.95. The van der Waals surface area contributed by atoms with E-state index in [1.807, 2.05) is 24.3 Å². The van der Waals surface area contributed by atoms with Crippen molar-refractivity contribution in [1.82, 2.24) is 0 Å². The maximum absolute atomic E-state index is 3.05. The van der Waals surface area contributed by atoms with Gasteiger partial charge in [-0.25, -0.2) is 0 Å². The van der Waals surface area contributed by atoms with Crippen LogP contribution < -0.4 is 0 Å². The summed E-state index contributed by atoms with van der Waals surface area (Å²) in [6.07, 6.45) is 14.0. The Hall–Kier alpha value is -0.780. The molecule has 0 aliphatic heterocycles. The Kier molecular flexibility index (Phi) is 1.50. The van der Waals surface area contributed by atoms with E-state index in [0.29, 0.717) is 0 Å². The fourth-order valence-electron chi connectivity index (χ4n) is 0.470. The molecule has 7 heavy (non-hydrogen) atoms. The van der Waals surface area contributed by atoms with Crippen LogP contribution in [-0.2, 0) is 0 Å². The molecule has 0 unspecified atom stereocenters. The Morgan fingerprint density at radius 3 is 3.14 bits per heavy atom. The number of allylic oxidation sites excluding steroid dienone is 6. The summed E-state index contributed by atoms with van der Waals surface area (Å²) in [4.78, 5) is 0. The minimum absolute atomic E-state index is 0.951. The van der Waals surface area contributed by atoms with Crippen molar-refractivity contribution in [1.29, 1.82) is 0 Å². The lowest BCUT2D eigenvalue weighted by molar-refractivity contribution is 1.35. The molecular weight excluding hydrogens is 84.1 g/mol. The molecular formula is C7H7. The predicted molar refractivity (Wildman–Crippen MR) is 30.7 cm³/mol. The molecule has 1 aliphatic carbocycles. The second kappa shape index (κ2) is 2.40. The second-order valence-corrected chi connectivity index (χ2v) is 1.39. The van der Waals surface area contributed by atoms with Crippen molar-refractivity contribution in [3.05, 3.63) is 36.5 Å². The largest absolute Gasteiger partial charge is 0.0801 e. The zero-order valence-corrected chi connectivity index (χ0v) is 4.09. The maximum Gasteiger partial charge on any atom is -0.00915 e. The first-order chi connectivity index (χ1) is 3.50. The Morgan fingerprint density at radius 2 is 2.14 bits per heavy atom. The lowest BCUT2D eigenvalue weighted by atomic mass is 10.4. The van der Waals surface area contributed by atoms with Crippen LogP contribution in [0.4, 0.5) is 0 Å². The molecule has 0 heterocycles. The van der Waals surface area contributed by atoms with Crippen LogP contribution in [0.2, 0.25) is 0 Å². The molecule has 35 valence electrons. The van der Waals surface area contributed by atoms with Gasteiger partial charge >= 0.3 is 0 Å². The summed E-state index contributed by atoms with van der Waals surface area (Å²) in [6, 6.07) is 0. The van der Waals surface area contributed by atoms with E-state index in [-0.39, 0.29) is 0 Å². The summed E-state index contributed by atoms with van der Waals surface area (Å²) >= 11 is 0. The molecule has 0 fully saturated rings. The van der Waals surface area contributed by atoms with Crippen LogP contribution in [0.1, 0.15) is 6.42 Å². The topological polar surface area (TPSA) is 0 Å². The Labute approximate surface area is 43.9 Å². The molecule has 1 radical (unpaired) electrons. The highest BCUT2D eigenvalue weighted by Gasteiger charge is 1.71. The summed E-state index contributed by atoms with van der Waals surface area (Å²) in [5, 5.41) is 0. The number of rotatable bonds is 0. The molecule has 0 heteroatoms. The van der Waals surface area contributed by atoms with Crippen molar-refractivity contribution < 1.29 is 0 Å². The summed E-state index contributed by atoms with van der Waals surface area (Å²) < 4.78 is 0. The standard InChI is InChI=1S/C7H7/c1-2-4-6-7-5-3-1/h1-5H,6H2. The molecule has 0 spiro atoms. The van der Waals surface area contributed by atoms with E-state index in [2.05, 4.69) is 12.2 Å². The molecule has 1 rings (SSSR count). The van der Waals surface area contributed by atoms with Gasteiger partial charge in [-0.15, -0.1) is 0 Å². The molecule has 0 atom stereocenters. The Morgan fingerprint density at radius 1 is 1.14 bits per heavy atom. The van der Waals surface area contributed by atoms with Crippen molar-refractivity contribution in [3.63, 3.8) is 0 Å². The highest BCUT2D eigenvalue weighted by molar-refractivity contribution is 5.13. The quantitative estimate of drug-likeness (QED) is 0.427. The van der Waals surface area contributed by atoms with Crippen LogP contribution >= 0.6 is 0 Å². The molecule has 0 amide bonds. The average Bonchev–Trinajstić information content (AvgIpc) is 1.90. The fraction of sp³-hybridized carbons (Fsp3) is 0.143. The second-order valence-electron chi connectivity index (χ2n) is 1.39. The van der Waals surface area contributed by atoms with Crippen molar-refractivity contribution in [2.45, 2.75) is 6.42 Å². The highest BCUT2D eigenvalue weighted by Crippen LogP contribution is 1.90. The monoisotopic (exact) mass is 91.1 g/mol. The first-order valence-electron chi connectivity index (χ1n) is 2.38. The van der Waals surface area contributed by atoms with Gasteiger partial charge < -0.3 is 0 Å². The SMILES string of the molecule is [C]1=CC=CC=CC1. The Balaban J connectivity index is 2.60. The molecule has 1 aliphatic rings. The first kappa shape index (κ1) is 4.38. The van der Waals surface area contributed by atoms with Crippen molar-refractivity contribution in [2.24, 2.45) is 0 Å². The summed E-state index contributed by atoms with van der Waals surface area (Å²) in [7, 11) is 0. The number of hydrogen-bond donors (Lipinski definition) is 0. The van der Waals surface area contributed by atoms with E-state index in [9.17, 15) is 0 Å². The lowest BCUT2D eigenvalue weighted by Gasteiger charge is -1.68. The minimum atomic E-state index is 0.951. The zero-order valence-electron chi connectivity index (χ0n) is 4.09. The van der Waals surface area contributed by atoms with Gasteiger partial charge in [0.2, 0.25) is 0 Å². The van der Waals surface area contributed by atoms with Crippen molar-refractivity contribution >= 4 is 0 Å². The smallest absolute Gasteiger partial charge is 0.00915 e. The van der Waals surface area contributed by atoms with Gasteiger partial charge in [-0.05, 0) is 12.5 Å². The summed E-state index contributed by atoms with van der Waals surface area (Å²) in [5.41, 5.74) is 0. The summed E-state index contributed by atoms with van der Waals surface area (Å²) in [5.74, 6) is 0. The van der Waals surface area contributed by atoms with E-state index < -0.39 is 0 Å². The molecule has 0 aromatic rings. The fourth-order valence-corrected chi connectivity index (χ4v) is 0.470. The van der Waals surface area contributed by atoms with E-state index >= 15 is 0 Å². The van der Waals surface area contributed by atoms with Crippen LogP contribution in [0.5, 0.6) is 0 Å². The average molecular weight is 91.1 g/mol. The van der Waals surface area contributed by atoms with E-state index in [1.54, 1.807) is 0 Å². The van der Waals surface area contributed by atoms with E-state index in [4.69, 9.17) is 0 Å². The van der Waals surface area contributed by atoms with Gasteiger partial charge in [0, 0.05) is 0 Å². The molecule has 0 nitrogen and oxygen atoms in total. The van der Waals surface area contributed by atoms with Gasteiger partial charge in [-0.2, -0.15) is 0 Å². The van der Waals surface area contributed by atoms with Gasteiger partial charge in [0.05, 0.1) is 0 Å². The van der Waals surface area contributed by atoms with E-state index in [1.165, 1.54) is 0 Å². The first-order valence-corrected chi connectivity index (χ1v) is 2.38. The van der Waals surface area contributed by atoms with Crippen LogP contribution in [-0.4, -0.2) is 0 Å². The van der Waals surface area contributed by atoms with Gasteiger partial charge in [0.1, 0.15) is 0 Å². The third-order valence-corrected chi connectivity index (χ3v) is 0.808. The molecule has 0 bridgehead atoms. The van der Waals surface area contributed by atoms with E-state index in [0.717, 1.165) is 6.42 Å². The van der Waals surface area contributed by atoms with Crippen molar-refractivity contribution in [3.8, 4) is 0 Å².